The maximum Gasteiger partial charge on any atom is 0.237 e. The number of nitrogens with one attached hydrogen (secondary N) is 1. The molecule has 1 amide bonds. The number of carbonyl (C=O) groups is 1. The van der Waals surface area contributed by atoms with Gasteiger partial charge in [-0.3, -0.25) is 4.79 Å². The zero-order valence-electron chi connectivity index (χ0n) is 9.13. The Hall–Kier alpha value is -0.570. The van der Waals surface area contributed by atoms with Crippen molar-refractivity contribution in [2.75, 3.05) is 0 Å². The minimum Gasteiger partial charge on any atom is -0.352 e. The summed E-state index contributed by atoms with van der Waals surface area (Å²) in [4.78, 5) is 11.4. The van der Waals surface area contributed by atoms with E-state index >= 15 is 0 Å². The van der Waals surface area contributed by atoms with Crippen LogP contribution in [0.15, 0.2) is 0 Å². The summed E-state index contributed by atoms with van der Waals surface area (Å²) in [6.45, 7) is 8.19. The molecule has 0 saturated carbocycles. The highest BCUT2D eigenvalue weighted by atomic mass is 16.2. The summed E-state index contributed by atoms with van der Waals surface area (Å²) in [6.07, 6.45) is 1.71. The lowest BCUT2D eigenvalue weighted by molar-refractivity contribution is -0.123. The van der Waals surface area contributed by atoms with Crippen LogP contribution < -0.4 is 11.1 Å². The van der Waals surface area contributed by atoms with Gasteiger partial charge in [0.25, 0.3) is 0 Å². The second kappa shape index (κ2) is 5.97. The van der Waals surface area contributed by atoms with Crippen LogP contribution in [0.25, 0.3) is 0 Å². The molecule has 0 heterocycles. The van der Waals surface area contributed by atoms with Gasteiger partial charge in [0.2, 0.25) is 5.91 Å². The molecular formula is C10H22N2O. The summed E-state index contributed by atoms with van der Waals surface area (Å²) < 4.78 is 0. The van der Waals surface area contributed by atoms with Gasteiger partial charge in [-0.05, 0) is 19.3 Å². The molecule has 0 fully saturated rings. The van der Waals surface area contributed by atoms with Crippen LogP contribution in [0.3, 0.4) is 0 Å². The van der Waals surface area contributed by atoms with Gasteiger partial charge in [0.15, 0.2) is 0 Å². The van der Waals surface area contributed by atoms with Gasteiger partial charge < -0.3 is 11.1 Å². The molecule has 0 aromatic rings. The van der Waals surface area contributed by atoms with E-state index in [-0.39, 0.29) is 18.0 Å². The number of amides is 1. The van der Waals surface area contributed by atoms with Crippen molar-refractivity contribution in [2.24, 2.45) is 11.7 Å². The fraction of sp³-hybridized carbons (Fsp3) is 0.900. The molecule has 0 aliphatic carbocycles. The Balaban J connectivity index is 3.85. The minimum atomic E-state index is -0.341. The first kappa shape index (κ1) is 12.4. The van der Waals surface area contributed by atoms with Crippen LogP contribution in [0.4, 0.5) is 0 Å². The zero-order valence-corrected chi connectivity index (χ0v) is 9.13. The predicted molar refractivity (Wildman–Crippen MR) is 55.3 cm³/mol. The Morgan fingerprint density at radius 3 is 2.31 bits per heavy atom. The third kappa shape index (κ3) is 4.88. The first-order chi connectivity index (χ1) is 5.99. The molecule has 0 radical (unpaired) electrons. The molecule has 0 aromatic heterocycles. The Bertz CT molecular complexity index is 157. The van der Waals surface area contributed by atoms with E-state index in [9.17, 15) is 4.79 Å². The van der Waals surface area contributed by atoms with Crippen LogP contribution in [0.1, 0.15) is 40.5 Å². The van der Waals surface area contributed by atoms with Crippen LogP contribution in [-0.2, 0) is 4.79 Å². The molecule has 0 saturated heterocycles. The molecule has 3 nitrogen and oxygen atoms in total. The van der Waals surface area contributed by atoms with E-state index in [4.69, 9.17) is 5.73 Å². The maximum absolute atomic E-state index is 11.4. The molecule has 2 atom stereocenters. The van der Waals surface area contributed by atoms with Crippen LogP contribution in [0, 0.1) is 5.92 Å². The van der Waals surface area contributed by atoms with Crippen LogP contribution in [-0.4, -0.2) is 18.0 Å². The number of hydrogen-bond acceptors (Lipinski definition) is 2. The Morgan fingerprint density at radius 1 is 1.38 bits per heavy atom. The monoisotopic (exact) mass is 186 g/mol. The highest BCUT2D eigenvalue weighted by Crippen LogP contribution is 2.01. The topological polar surface area (TPSA) is 55.1 Å². The Morgan fingerprint density at radius 2 is 1.92 bits per heavy atom. The summed E-state index contributed by atoms with van der Waals surface area (Å²) >= 11 is 0. The lowest BCUT2D eigenvalue weighted by Gasteiger charge is -2.19. The van der Waals surface area contributed by atoms with Gasteiger partial charge in [-0.1, -0.05) is 27.2 Å². The maximum atomic E-state index is 11.4. The van der Waals surface area contributed by atoms with Gasteiger partial charge in [-0.2, -0.15) is 0 Å². The smallest absolute Gasteiger partial charge is 0.237 e. The Labute approximate surface area is 81.1 Å². The number of nitrogens with two attached hydrogens (primary N) is 1. The molecule has 13 heavy (non-hydrogen) atoms. The van der Waals surface area contributed by atoms with Gasteiger partial charge in [0.05, 0.1) is 6.04 Å². The first-order valence-corrected chi connectivity index (χ1v) is 5.05. The van der Waals surface area contributed by atoms with Crippen molar-refractivity contribution in [3.63, 3.8) is 0 Å². The van der Waals surface area contributed by atoms with Crippen molar-refractivity contribution in [2.45, 2.75) is 52.6 Å². The summed E-state index contributed by atoms with van der Waals surface area (Å²) in [5, 5.41) is 2.90. The van der Waals surface area contributed by atoms with E-state index in [1.165, 1.54) is 0 Å². The molecule has 0 aromatic carbocycles. The predicted octanol–water partition coefficient (Wildman–Crippen LogP) is 1.27. The van der Waals surface area contributed by atoms with Crippen molar-refractivity contribution in [3.8, 4) is 0 Å². The van der Waals surface area contributed by atoms with E-state index in [0.29, 0.717) is 5.92 Å². The van der Waals surface area contributed by atoms with Crippen LogP contribution >= 0.6 is 0 Å². The largest absolute Gasteiger partial charge is 0.352 e. The lowest BCUT2D eigenvalue weighted by Crippen LogP contribution is -2.45. The van der Waals surface area contributed by atoms with Crippen molar-refractivity contribution in [1.29, 1.82) is 0 Å². The van der Waals surface area contributed by atoms with Crippen LogP contribution in [0.2, 0.25) is 0 Å². The first-order valence-electron chi connectivity index (χ1n) is 5.05. The van der Waals surface area contributed by atoms with E-state index in [1.807, 2.05) is 13.8 Å². The van der Waals surface area contributed by atoms with Gasteiger partial charge in [-0.15, -0.1) is 0 Å². The lowest BCUT2D eigenvalue weighted by atomic mass is 10.1. The van der Waals surface area contributed by atoms with E-state index < -0.39 is 0 Å². The van der Waals surface area contributed by atoms with Gasteiger partial charge in [0.1, 0.15) is 0 Å². The normalized spacial score (nSPS) is 15.5. The van der Waals surface area contributed by atoms with Crippen LogP contribution in [0.5, 0.6) is 0 Å². The third-order valence-corrected chi connectivity index (χ3v) is 2.31. The molecule has 0 aliphatic rings. The molecule has 3 N–H and O–H groups in total. The molecule has 2 unspecified atom stereocenters. The quantitative estimate of drug-likeness (QED) is 0.679. The van der Waals surface area contributed by atoms with E-state index in [0.717, 1.165) is 12.8 Å². The summed E-state index contributed by atoms with van der Waals surface area (Å²) in [5.74, 6) is 0.431. The van der Waals surface area contributed by atoms with Gasteiger partial charge >= 0.3 is 0 Å². The summed E-state index contributed by atoms with van der Waals surface area (Å²) in [7, 11) is 0. The minimum absolute atomic E-state index is 0.0250. The molecule has 0 bridgehead atoms. The molecule has 0 aliphatic heterocycles. The molecule has 0 rings (SSSR count). The second-order valence-corrected chi connectivity index (χ2v) is 3.94. The fourth-order valence-electron chi connectivity index (χ4n) is 0.940. The van der Waals surface area contributed by atoms with Crippen molar-refractivity contribution < 1.29 is 4.79 Å². The average molecular weight is 186 g/mol. The van der Waals surface area contributed by atoms with E-state index in [2.05, 4.69) is 19.2 Å². The third-order valence-electron chi connectivity index (χ3n) is 2.31. The average Bonchev–Trinajstić information content (AvgIpc) is 2.04. The number of carbonyl (C=O) groups excluding carboxylic acids is 1. The SMILES string of the molecule is CCCC(N)C(=O)NC(C)C(C)C. The highest BCUT2D eigenvalue weighted by molar-refractivity contribution is 5.81. The second-order valence-electron chi connectivity index (χ2n) is 3.94. The number of hydrogen-bond donors (Lipinski definition) is 2. The summed E-state index contributed by atoms with van der Waals surface area (Å²) in [5.41, 5.74) is 5.66. The molecule has 3 heteroatoms. The standard InChI is InChI=1S/C10H22N2O/c1-5-6-9(11)10(13)12-8(4)7(2)3/h7-9H,5-6,11H2,1-4H3,(H,12,13). The van der Waals surface area contributed by atoms with Crippen molar-refractivity contribution in [1.82, 2.24) is 5.32 Å². The molecule has 78 valence electrons. The fourth-order valence-corrected chi connectivity index (χ4v) is 0.940. The molecular weight excluding hydrogens is 164 g/mol. The van der Waals surface area contributed by atoms with Gasteiger partial charge in [-0.25, -0.2) is 0 Å². The number of rotatable bonds is 5. The Kier molecular flexibility index (Phi) is 5.71. The van der Waals surface area contributed by atoms with Crippen molar-refractivity contribution >= 4 is 5.91 Å². The summed E-state index contributed by atoms with van der Waals surface area (Å²) in [6, 6.07) is -0.137. The van der Waals surface area contributed by atoms with Gasteiger partial charge in [0, 0.05) is 6.04 Å². The van der Waals surface area contributed by atoms with Crippen molar-refractivity contribution in [3.05, 3.63) is 0 Å². The van der Waals surface area contributed by atoms with E-state index in [1.54, 1.807) is 0 Å². The molecule has 0 spiro atoms. The highest BCUT2D eigenvalue weighted by Gasteiger charge is 2.15. The zero-order chi connectivity index (χ0) is 10.4.